The van der Waals surface area contributed by atoms with Gasteiger partial charge in [-0.1, -0.05) is 51.1 Å². The maximum atomic E-state index is 10.5. The minimum atomic E-state index is -0.471. The molecule has 0 unspecified atom stereocenters. The highest BCUT2D eigenvalue weighted by Crippen LogP contribution is 2.34. The Balaban J connectivity index is 0.000000299. The predicted molar refractivity (Wildman–Crippen MR) is 186 cm³/mol. The molecule has 0 saturated carbocycles. The average molecular weight is 628 g/mol. The fourth-order valence-corrected chi connectivity index (χ4v) is 5.74. The molecule has 1 fully saturated rings. The van der Waals surface area contributed by atoms with Gasteiger partial charge in [0.15, 0.2) is 5.78 Å². The first-order chi connectivity index (χ1) is 22.2. The molecule has 2 aliphatic heterocycles. The first kappa shape index (κ1) is 36.0. The third-order valence-corrected chi connectivity index (χ3v) is 8.21. The molecule has 1 atom stereocenters. The molecular weight excluding hydrogens is 578 g/mol. The van der Waals surface area contributed by atoms with E-state index >= 15 is 0 Å². The van der Waals surface area contributed by atoms with E-state index in [-0.39, 0.29) is 5.78 Å². The molecule has 3 aliphatic rings. The van der Waals surface area contributed by atoms with Crippen molar-refractivity contribution in [1.29, 1.82) is 0 Å². The number of allylic oxidation sites excluding steroid dienone is 1. The highest BCUT2D eigenvalue weighted by molar-refractivity contribution is 6.04. The van der Waals surface area contributed by atoms with Crippen molar-refractivity contribution in [3.05, 3.63) is 76.3 Å². The Labute approximate surface area is 273 Å². The zero-order chi connectivity index (χ0) is 33.6. The number of anilines is 2. The smallest absolute Gasteiger partial charge is 0.318 e. The third kappa shape index (κ3) is 9.51. The van der Waals surface area contributed by atoms with Crippen LogP contribution in [-0.2, 0) is 22.6 Å². The number of nitrogen functional groups attached to an aromatic ring is 1. The summed E-state index contributed by atoms with van der Waals surface area (Å²) in [7, 11) is 2.15. The number of amides is 1. The van der Waals surface area contributed by atoms with Gasteiger partial charge in [0.2, 0.25) is 12.5 Å². The van der Waals surface area contributed by atoms with E-state index < -0.39 is 5.91 Å². The predicted octanol–water partition coefficient (Wildman–Crippen LogP) is 5.66. The number of aromatic nitrogens is 2. The Morgan fingerprint density at radius 2 is 1.85 bits per heavy atom. The van der Waals surface area contributed by atoms with Gasteiger partial charge in [0.05, 0.1) is 12.2 Å². The summed E-state index contributed by atoms with van der Waals surface area (Å²) in [6.07, 6.45) is 6.50. The van der Waals surface area contributed by atoms with Crippen molar-refractivity contribution in [2.45, 2.75) is 78.8 Å². The SMILES string of the molecule is CC.Cc1cccc2cccc(N3CCc4c(N)nc(OC[C@@H]5CCCN5C)nc4C3)c12.NC(=O)C1=CC(=O)CC1.[C-]#[N+]CCC. The van der Waals surface area contributed by atoms with Crippen LogP contribution < -0.4 is 21.1 Å². The monoisotopic (exact) mass is 627 g/mol. The molecule has 0 spiro atoms. The second-order valence-electron chi connectivity index (χ2n) is 11.4. The van der Waals surface area contributed by atoms with Crippen molar-refractivity contribution in [3.63, 3.8) is 0 Å². The maximum Gasteiger partial charge on any atom is 0.318 e. The summed E-state index contributed by atoms with van der Waals surface area (Å²) in [4.78, 5) is 37.9. The number of carbonyl (C=O) groups excluding carboxylic acids is 2. The molecule has 1 amide bonds. The van der Waals surface area contributed by atoms with Crippen LogP contribution in [0.5, 0.6) is 6.01 Å². The normalized spacial score (nSPS) is 16.9. The van der Waals surface area contributed by atoms with E-state index in [2.05, 4.69) is 70.0 Å². The molecule has 246 valence electrons. The van der Waals surface area contributed by atoms with Gasteiger partial charge in [-0.05, 0) is 69.3 Å². The van der Waals surface area contributed by atoms with E-state index in [9.17, 15) is 9.59 Å². The summed E-state index contributed by atoms with van der Waals surface area (Å²) in [5.41, 5.74) is 16.2. The summed E-state index contributed by atoms with van der Waals surface area (Å²) in [6.45, 7) is 18.4. The fourth-order valence-electron chi connectivity index (χ4n) is 5.74. The highest BCUT2D eigenvalue weighted by Gasteiger charge is 2.25. The number of benzene rings is 2. The number of hydrogen-bond donors (Lipinski definition) is 2. The van der Waals surface area contributed by atoms with Crippen LogP contribution in [0.2, 0.25) is 0 Å². The quantitative estimate of drug-likeness (QED) is 0.335. The summed E-state index contributed by atoms with van der Waals surface area (Å²) < 4.78 is 5.98. The van der Waals surface area contributed by atoms with Gasteiger partial charge in [-0.25, -0.2) is 6.57 Å². The van der Waals surface area contributed by atoms with Gasteiger partial charge in [-0.2, -0.15) is 9.97 Å². The van der Waals surface area contributed by atoms with Gasteiger partial charge in [0, 0.05) is 47.6 Å². The molecule has 10 heteroatoms. The fraction of sp³-hybridized carbons (Fsp3) is 0.472. The standard InChI is InChI=1S/C24H29N5O.C6H7NO2.C4H7N.C2H6/c1-16-6-3-7-17-8-4-10-21(22(16)17)29-13-11-19-20(14-29)26-24(27-23(19)25)30-15-18-9-5-12-28(18)2;7-6(9)4-1-2-5(8)3-4;1-3-4-5-2;1-2/h3-4,6-8,10,18H,5,9,11-15H2,1-2H3,(H2,25,26,27);3H,1-2H2,(H2,7,9);3-4H2,1H3;1-2H3/t18-;;;/m0.../s1. The van der Waals surface area contributed by atoms with Gasteiger partial charge in [0.25, 0.3) is 0 Å². The molecule has 3 aromatic rings. The summed E-state index contributed by atoms with van der Waals surface area (Å²) in [6, 6.07) is 13.8. The lowest BCUT2D eigenvalue weighted by Crippen LogP contribution is -2.33. The number of likely N-dealkylation sites (tertiary alicyclic amines) is 1. The van der Waals surface area contributed by atoms with Gasteiger partial charge >= 0.3 is 6.01 Å². The zero-order valence-electron chi connectivity index (χ0n) is 28.0. The lowest BCUT2D eigenvalue weighted by molar-refractivity contribution is -0.115. The molecule has 46 heavy (non-hydrogen) atoms. The lowest BCUT2D eigenvalue weighted by atomic mass is 10.00. The van der Waals surface area contributed by atoms with E-state index in [0.29, 0.717) is 49.4 Å². The molecule has 10 nitrogen and oxygen atoms in total. The Kier molecular flexibility index (Phi) is 14.0. The Bertz CT molecular complexity index is 1560. The van der Waals surface area contributed by atoms with Crippen molar-refractivity contribution in [1.82, 2.24) is 14.9 Å². The minimum Gasteiger partial charge on any atom is -0.462 e. The molecule has 4 N–H and O–H groups in total. The average Bonchev–Trinajstić information content (AvgIpc) is 3.69. The number of ketones is 1. The van der Waals surface area contributed by atoms with Gasteiger partial charge in [-0.15, -0.1) is 0 Å². The number of likely N-dealkylation sites (N-methyl/N-ethyl adjacent to an activating group) is 1. The Morgan fingerprint density at radius 1 is 1.11 bits per heavy atom. The van der Waals surface area contributed by atoms with Crippen molar-refractivity contribution < 1.29 is 14.3 Å². The van der Waals surface area contributed by atoms with Crippen LogP contribution in [0.15, 0.2) is 48.0 Å². The molecule has 2 aromatic carbocycles. The van der Waals surface area contributed by atoms with Crippen LogP contribution in [0.4, 0.5) is 11.5 Å². The molecule has 1 saturated heterocycles. The molecule has 3 heterocycles. The Morgan fingerprint density at radius 3 is 2.41 bits per heavy atom. The van der Waals surface area contributed by atoms with Crippen LogP contribution in [0.3, 0.4) is 0 Å². The van der Waals surface area contributed by atoms with E-state index in [1.165, 1.54) is 34.5 Å². The lowest BCUT2D eigenvalue weighted by Gasteiger charge is -2.31. The molecule has 1 aliphatic carbocycles. The highest BCUT2D eigenvalue weighted by atomic mass is 16.5. The molecular formula is C36H49N7O3. The van der Waals surface area contributed by atoms with Crippen LogP contribution >= 0.6 is 0 Å². The van der Waals surface area contributed by atoms with E-state index in [1.54, 1.807) is 0 Å². The van der Waals surface area contributed by atoms with Crippen LogP contribution in [-0.4, -0.2) is 65.9 Å². The van der Waals surface area contributed by atoms with Crippen molar-refractivity contribution in [2.24, 2.45) is 5.73 Å². The number of primary amides is 1. The number of nitrogens with two attached hydrogens (primary N) is 2. The topological polar surface area (TPSA) is 132 Å². The summed E-state index contributed by atoms with van der Waals surface area (Å²) >= 11 is 0. The van der Waals surface area contributed by atoms with Crippen LogP contribution in [0.1, 0.15) is 69.7 Å². The largest absolute Gasteiger partial charge is 0.462 e. The van der Waals surface area contributed by atoms with Crippen molar-refractivity contribution in [2.75, 3.05) is 43.9 Å². The van der Waals surface area contributed by atoms with Crippen LogP contribution in [0.25, 0.3) is 15.6 Å². The van der Waals surface area contributed by atoms with Gasteiger partial charge in [-0.3, -0.25) is 9.59 Å². The van der Waals surface area contributed by atoms with Gasteiger partial charge < -0.3 is 30.8 Å². The summed E-state index contributed by atoms with van der Waals surface area (Å²) in [5, 5.41) is 2.58. The number of fused-ring (bicyclic) bond motifs is 2. The van der Waals surface area contributed by atoms with Crippen LogP contribution in [0, 0.1) is 13.5 Å². The first-order valence-electron chi connectivity index (χ1n) is 16.3. The first-order valence-corrected chi connectivity index (χ1v) is 16.3. The molecule has 0 radical (unpaired) electrons. The van der Waals surface area contributed by atoms with Crippen molar-refractivity contribution in [3.8, 4) is 6.01 Å². The zero-order valence-corrected chi connectivity index (χ0v) is 28.0. The number of nitrogens with zero attached hydrogens (tertiary/aromatic N) is 5. The molecule has 6 rings (SSSR count). The number of hydrogen-bond acceptors (Lipinski definition) is 8. The molecule has 0 bridgehead atoms. The Hall–Kier alpha value is -4.49. The van der Waals surface area contributed by atoms with E-state index in [1.807, 2.05) is 20.8 Å². The maximum absolute atomic E-state index is 10.5. The summed E-state index contributed by atoms with van der Waals surface area (Å²) in [5.74, 6) is 0.0909. The molecule has 1 aromatic heterocycles. The second kappa shape index (κ2) is 17.9. The number of aryl methyl sites for hydroxylation is 1. The minimum absolute atomic E-state index is 0.00352. The number of rotatable bonds is 6. The number of ether oxygens (including phenoxy) is 1. The van der Waals surface area contributed by atoms with Crippen molar-refractivity contribution >= 4 is 34.0 Å². The second-order valence-corrected chi connectivity index (χ2v) is 11.4. The van der Waals surface area contributed by atoms with Gasteiger partial charge in [0.1, 0.15) is 12.4 Å². The van der Waals surface area contributed by atoms with E-state index in [0.717, 1.165) is 50.2 Å². The van der Waals surface area contributed by atoms with E-state index in [4.69, 9.17) is 27.8 Å². The third-order valence-electron chi connectivity index (χ3n) is 8.21. The number of carbonyl (C=O) groups is 2.